The van der Waals surface area contributed by atoms with Crippen LogP contribution in [0.25, 0.3) is 0 Å². The van der Waals surface area contributed by atoms with Crippen LogP contribution in [-0.2, 0) is 18.8 Å². The molecule has 0 aromatic rings. The highest BCUT2D eigenvalue weighted by molar-refractivity contribution is 6.49. The molecule has 2 saturated heterocycles. The number of rotatable bonds is 1. The fraction of sp³-hybridized carbons (Fsp3) is 1.00. The SMILES string of the molecule is CC1(C)COC2(CCC(C)(B3OC(C)(C)C(C)(C)O3)CC2)OC1. The van der Waals surface area contributed by atoms with Gasteiger partial charge in [0.25, 0.3) is 0 Å². The van der Waals surface area contributed by atoms with Crippen LogP contribution in [0.4, 0.5) is 0 Å². The van der Waals surface area contributed by atoms with Crippen molar-refractivity contribution in [1.29, 1.82) is 0 Å². The average Bonchev–Trinajstić information content (AvgIpc) is 2.66. The van der Waals surface area contributed by atoms with Gasteiger partial charge >= 0.3 is 7.12 Å². The molecule has 0 atom stereocenters. The Labute approximate surface area is 141 Å². The zero-order valence-corrected chi connectivity index (χ0v) is 16.0. The fourth-order valence-corrected chi connectivity index (χ4v) is 3.59. The van der Waals surface area contributed by atoms with Gasteiger partial charge in [0.05, 0.1) is 24.4 Å². The standard InChI is InChI=1S/C18H33BO4/c1-14(2)12-20-18(21-13-14)10-8-17(7,9-11-18)19-22-15(3,4)16(5,6)23-19/h8-13H2,1-7H3. The Kier molecular flexibility index (Phi) is 4.01. The van der Waals surface area contributed by atoms with Gasteiger partial charge in [0.15, 0.2) is 5.79 Å². The second-order valence-electron chi connectivity index (χ2n) is 9.89. The van der Waals surface area contributed by atoms with E-state index in [2.05, 4.69) is 48.5 Å². The summed E-state index contributed by atoms with van der Waals surface area (Å²) in [6.45, 7) is 16.7. The van der Waals surface area contributed by atoms with Gasteiger partial charge in [-0.1, -0.05) is 20.8 Å². The highest BCUT2D eigenvalue weighted by atomic mass is 16.7. The van der Waals surface area contributed by atoms with Crippen molar-refractivity contribution in [2.75, 3.05) is 13.2 Å². The predicted octanol–water partition coefficient (Wildman–Crippen LogP) is 4.18. The molecule has 0 amide bonds. The van der Waals surface area contributed by atoms with E-state index in [4.69, 9.17) is 18.8 Å². The fourth-order valence-electron chi connectivity index (χ4n) is 3.59. The lowest BCUT2D eigenvalue weighted by Crippen LogP contribution is -2.51. The summed E-state index contributed by atoms with van der Waals surface area (Å²) in [7, 11) is -0.148. The van der Waals surface area contributed by atoms with Crippen molar-refractivity contribution in [3.05, 3.63) is 0 Å². The zero-order valence-electron chi connectivity index (χ0n) is 16.0. The van der Waals surface area contributed by atoms with E-state index in [0.29, 0.717) is 0 Å². The Hall–Kier alpha value is -0.0951. The molecule has 2 aliphatic heterocycles. The van der Waals surface area contributed by atoms with Crippen LogP contribution in [0.5, 0.6) is 0 Å². The summed E-state index contributed by atoms with van der Waals surface area (Å²) >= 11 is 0. The third-order valence-corrected chi connectivity index (χ3v) is 6.43. The Morgan fingerprint density at radius 2 is 1.09 bits per heavy atom. The maximum absolute atomic E-state index is 6.31. The molecule has 3 fully saturated rings. The van der Waals surface area contributed by atoms with E-state index in [9.17, 15) is 0 Å². The smallest absolute Gasteiger partial charge is 0.403 e. The number of ether oxygens (including phenoxy) is 2. The summed E-state index contributed by atoms with van der Waals surface area (Å²) in [6, 6.07) is 0. The first-order valence-corrected chi connectivity index (χ1v) is 9.03. The van der Waals surface area contributed by atoms with E-state index in [1.807, 2.05) is 0 Å². The number of hydrogen-bond donors (Lipinski definition) is 0. The molecule has 0 aromatic heterocycles. The molecule has 23 heavy (non-hydrogen) atoms. The van der Waals surface area contributed by atoms with Crippen molar-refractivity contribution in [3.8, 4) is 0 Å². The van der Waals surface area contributed by atoms with Crippen molar-refractivity contribution < 1.29 is 18.8 Å². The van der Waals surface area contributed by atoms with E-state index < -0.39 is 0 Å². The van der Waals surface area contributed by atoms with Gasteiger partial charge in [-0.2, -0.15) is 0 Å². The molecule has 2 heterocycles. The summed E-state index contributed by atoms with van der Waals surface area (Å²) in [5, 5.41) is 0.0238. The van der Waals surface area contributed by atoms with Gasteiger partial charge in [-0.05, 0) is 40.5 Å². The Balaban J connectivity index is 1.65. The van der Waals surface area contributed by atoms with Gasteiger partial charge in [-0.3, -0.25) is 0 Å². The first-order chi connectivity index (χ1) is 10.4. The second-order valence-corrected chi connectivity index (χ2v) is 9.89. The second kappa shape index (κ2) is 5.20. The minimum Gasteiger partial charge on any atom is -0.403 e. The van der Waals surface area contributed by atoms with Crippen LogP contribution in [0, 0.1) is 5.41 Å². The third-order valence-electron chi connectivity index (χ3n) is 6.43. The first kappa shape index (κ1) is 17.7. The molecule has 0 radical (unpaired) electrons. The highest BCUT2D eigenvalue weighted by Gasteiger charge is 2.60. The Morgan fingerprint density at radius 3 is 1.52 bits per heavy atom. The van der Waals surface area contributed by atoms with E-state index in [1.54, 1.807) is 0 Å². The minimum atomic E-state index is -0.376. The van der Waals surface area contributed by atoms with Crippen molar-refractivity contribution in [2.24, 2.45) is 5.41 Å². The molecule has 1 spiro atoms. The topological polar surface area (TPSA) is 36.9 Å². The zero-order chi connectivity index (χ0) is 17.1. The Morgan fingerprint density at radius 1 is 0.652 bits per heavy atom. The quantitative estimate of drug-likeness (QED) is 0.678. The summed E-state index contributed by atoms with van der Waals surface area (Å²) < 4.78 is 24.9. The summed E-state index contributed by atoms with van der Waals surface area (Å²) in [4.78, 5) is 0. The minimum absolute atomic E-state index is 0.0238. The molecule has 3 rings (SSSR count). The summed E-state index contributed by atoms with van der Waals surface area (Å²) in [5.74, 6) is -0.376. The Bertz CT molecular complexity index is 436. The molecular weight excluding hydrogens is 291 g/mol. The third kappa shape index (κ3) is 3.10. The predicted molar refractivity (Wildman–Crippen MR) is 91.3 cm³/mol. The average molecular weight is 324 g/mol. The molecule has 4 nitrogen and oxygen atoms in total. The monoisotopic (exact) mass is 324 g/mol. The molecular formula is C18H33BO4. The lowest BCUT2D eigenvalue weighted by molar-refractivity contribution is -0.311. The molecule has 0 N–H and O–H groups in total. The summed E-state index contributed by atoms with van der Waals surface area (Å²) in [6.07, 6.45) is 3.85. The van der Waals surface area contributed by atoms with Crippen LogP contribution >= 0.6 is 0 Å². The van der Waals surface area contributed by atoms with E-state index >= 15 is 0 Å². The van der Waals surface area contributed by atoms with Crippen LogP contribution in [0.3, 0.4) is 0 Å². The van der Waals surface area contributed by atoms with Crippen LogP contribution in [-0.4, -0.2) is 37.3 Å². The van der Waals surface area contributed by atoms with Gasteiger partial charge in [-0.15, -0.1) is 0 Å². The largest absolute Gasteiger partial charge is 0.464 e. The van der Waals surface area contributed by atoms with Crippen molar-refractivity contribution in [2.45, 2.75) is 96.5 Å². The van der Waals surface area contributed by atoms with Crippen LogP contribution in [0.15, 0.2) is 0 Å². The maximum Gasteiger partial charge on any atom is 0.464 e. The van der Waals surface area contributed by atoms with Crippen molar-refractivity contribution in [3.63, 3.8) is 0 Å². The first-order valence-electron chi connectivity index (χ1n) is 9.03. The van der Waals surface area contributed by atoms with Crippen LogP contribution in [0.1, 0.15) is 74.1 Å². The van der Waals surface area contributed by atoms with Crippen molar-refractivity contribution in [1.82, 2.24) is 0 Å². The lowest BCUT2D eigenvalue weighted by atomic mass is 9.51. The molecule has 5 heteroatoms. The highest BCUT2D eigenvalue weighted by Crippen LogP contribution is 2.55. The van der Waals surface area contributed by atoms with E-state index in [0.717, 1.165) is 38.9 Å². The van der Waals surface area contributed by atoms with Crippen LogP contribution < -0.4 is 0 Å². The molecule has 3 aliphatic rings. The maximum atomic E-state index is 6.31. The molecule has 1 saturated carbocycles. The lowest BCUT2D eigenvalue weighted by Gasteiger charge is -2.49. The van der Waals surface area contributed by atoms with E-state index in [1.165, 1.54) is 0 Å². The summed E-state index contributed by atoms with van der Waals surface area (Å²) in [5.41, 5.74) is -0.410. The molecule has 1 aliphatic carbocycles. The normalized spacial score (nSPS) is 33.8. The van der Waals surface area contributed by atoms with Gasteiger partial charge in [0.1, 0.15) is 0 Å². The van der Waals surface area contributed by atoms with Crippen LogP contribution in [0.2, 0.25) is 5.31 Å². The van der Waals surface area contributed by atoms with Gasteiger partial charge < -0.3 is 18.8 Å². The molecule has 0 bridgehead atoms. The van der Waals surface area contributed by atoms with Gasteiger partial charge in [0.2, 0.25) is 0 Å². The molecule has 0 unspecified atom stereocenters. The van der Waals surface area contributed by atoms with Gasteiger partial charge in [0, 0.05) is 23.6 Å². The van der Waals surface area contributed by atoms with E-state index in [-0.39, 0.29) is 34.8 Å². The number of hydrogen-bond acceptors (Lipinski definition) is 4. The molecule has 0 aromatic carbocycles. The van der Waals surface area contributed by atoms with Crippen molar-refractivity contribution >= 4 is 7.12 Å². The molecule has 132 valence electrons. The van der Waals surface area contributed by atoms with Gasteiger partial charge in [-0.25, -0.2) is 0 Å².